The van der Waals surface area contributed by atoms with Crippen molar-refractivity contribution in [3.05, 3.63) is 35.8 Å². The number of rotatable bonds is 2. The molecule has 2 heterocycles. The van der Waals surface area contributed by atoms with Crippen LogP contribution in [0.3, 0.4) is 0 Å². The van der Waals surface area contributed by atoms with E-state index in [1.54, 1.807) is 17.0 Å². The molecule has 2 atom stereocenters. The molecule has 1 aliphatic heterocycles. The highest BCUT2D eigenvalue weighted by Crippen LogP contribution is 2.24. The Morgan fingerprint density at radius 1 is 1.43 bits per heavy atom. The predicted molar refractivity (Wildman–Crippen MR) is 78.6 cm³/mol. The summed E-state index contributed by atoms with van der Waals surface area (Å²) in [5.74, 6) is -0.253. The number of H-pyrrole nitrogens is 1. The van der Waals surface area contributed by atoms with E-state index in [1.165, 1.54) is 12.1 Å². The van der Waals surface area contributed by atoms with Crippen LogP contribution in [0, 0.1) is 11.7 Å². The number of aromatic nitrogens is 1. The molecule has 2 N–H and O–H groups in total. The number of hydrogen-bond acceptors (Lipinski definition) is 2. The van der Waals surface area contributed by atoms with Crippen LogP contribution in [-0.4, -0.2) is 40.1 Å². The number of fused-ring (bicyclic) bond motifs is 1. The van der Waals surface area contributed by atoms with Crippen molar-refractivity contribution in [2.75, 3.05) is 13.2 Å². The van der Waals surface area contributed by atoms with Crippen LogP contribution in [0.15, 0.2) is 24.3 Å². The summed E-state index contributed by atoms with van der Waals surface area (Å²) in [6.07, 6.45) is 1.84. The topological polar surface area (TPSA) is 56.3 Å². The molecule has 0 aliphatic carbocycles. The van der Waals surface area contributed by atoms with Crippen molar-refractivity contribution in [2.45, 2.75) is 25.8 Å². The average Bonchev–Trinajstić information content (AvgIpc) is 2.90. The Morgan fingerprint density at radius 2 is 2.24 bits per heavy atom. The molecule has 0 bridgehead atoms. The van der Waals surface area contributed by atoms with Gasteiger partial charge in [-0.2, -0.15) is 0 Å². The first kappa shape index (κ1) is 14.1. The van der Waals surface area contributed by atoms with Gasteiger partial charge in [0.1, 0.15) is 11.5 Å². The van der Waals surface area contributed by atoms with Crippen LogP contribution in [-0.2, 0) is 0 Å². The Bertz CT molecular complexity index is 667. The molecule has 5 heteroatoms. The van der Waals surface area contributed by atoms with Crippen molar-refractivity contribution in [3.8, 4) is 0 Å². The minimum atomic E-state index is -0.313. The van der Waals surface area contributed by atoms with Gasteiger partial charge in [-0.25, -0.2) is 4.39 Å². The molecular formula is C16H19FN2O2. The fourth-order valence-electron chi connectivity index (χ4n) is 2.99. The Balaban J connectivity index is 1.88. The summed E-state index contributed by atoms with van der Waals surface area (Å²) in [4.78, 5) is 17.5. The van der Waals surface area contributed by atoms with Gasteiger partial charge >= 0.3 is 0 Å². The second kappa shape index (κ2) is 5.48. The third-order valence-electron chi connectivity index (χ3n) is 4.31. The van der Waals surface area contributed by atoms with Crippen LogP contribution < -0.4 is 0 Å². The predicted octanol–water partition coefficient (Wildman–Crippen LogP) is 2.54. The van der Waals surface area contributed by atoms with Gasteiger partial charge in [-0.3, -0.25) is 4.79 Å². The number of halogens is 1. The van der Waals surface area contributed by atoms with E-state index in [4.69, 9.17) is 0 Å². The summed E-state index contributed by atoms with van der Waals surface area (Å²) >= 11 is 0. The molecular weight excluding hydrogens is 271 g/mol. The third-order valence-corrected chi connectivity index (χ3v) is 4.31. The Morgan fingerprint density at radius 3 is 3.00 bits per heavy atom. The maximum Gasteiger partial charge on any atom is 0.270 e. The maximum atomic E-state index is 13.2. The Hall–Kier alpha value is -1.88. The van der Waals surface area contributed by atoms with E-state index in [9.17, 15) is 14.3 Å². The summed E-state index contributed by atoms with van der Waals surface area (Å²) in [6, 6.07) is 6.27. The molecule has 1 amide bonds. The van der Waals surface area contributed by atoms with Crippen molar-refractivity contribution in [1.82, 2.24) is 9.88 Å². The van der Waals surface area contributed by atoms with Crippen LogP contribution >= 0.6 is 0 Å². The Kier molecular flexibility index (Phi) is 3.68. The van der Waals surface area contributed by atoms with Gasteiger partial charge in [0.05, 0.1) is 0 Å². The quantitative estimate of drug-likeness (QED) is 0.893. The molecule has 2 unspecified atom stereocenters. The van der Waals surface area contributed by atoms with Crippen molar-refractivity contribution in [3.63, 3.8) is 0 Å². The summed E-state index contributed by atoms with van der Waals surface area (Å²) in [5.41, 5.74) is 1.23. The van der Waals surface area contributed by atoms with Gasteiger partial charge in [0.25, 0.3) is 5.91 Å². The number of aromatic amines is 1. The molecule has 3 rings (SSSR count). The summed E-state index contributed by atoms with van der Waals surface area (Å²) in [5, 5.41) is 10.0. The standard InChI is InChI=1S/C16H19FN2O2/c1-10-2-3-11(9-20)8-19(10)16(21)15-7-12-6-13(17)4-5-14(12)18-15/h4-7,10-11,18,20H,2-3,8-9H2,1H3. The highest BCUT2D eigenvalue weighted by molar-refractivity contribution is 5.98. The zero-order valence-corrected chi connectivity index (χ0v) is 12.0. The number of piperidine rings is 1. The van der Waals surface area contributed by atoms with E-state index in [0.29, 0.717) is 17.6 Å². The van der Waals surface area contributed by atoms with Gasteiger partial charge in [0.2, 0.25) is 0 Å². The first-order valence-electron chi connectivity index (χ1n) is 7.28. The smallest absolute Gasteiger partial charge is 0.270 e. The number of likely N-dealkylation sites (tertiary alicyclic amines) is 1. The minimum absolute atomic E-state index is 0.0859. The zero-order chi connectivity index (χ0) is 15.0. The lowest BCUT2D eigenvalue weighted by Gasteiger charge is -2.37. The van der Waals surface area contributed by atoms with Gasteiger partial charge in [0, 0.05) is 30.1 Å². The summed E-state index contributed by atoms with van der Waals surface area (Å²) in [6.45, 7) is 2.70. The molecule has 0 spiro atoms. The van der Waals surface area contributed by atoms with E-state index < -0.39 is 0 Å². The molecule has 0 saturated carbocycles. The van der Waals surface area contributed by atoms with E-state index in [0.717, 1.165) is 18.4 Å². The number of aliphatic hydroxyl groups is 1. The number of nitrogens with one attached hydrogen (secondary N) is 1. The van der Waals surface area contributed by atoms with E-state index in [-0.39, 0.29) is 30.3 Å². The highest BCUT2D eigenvalue weighted by Gasteiger charge is 2.29. The maximum absolute atomic E-state index is 13.2. The lowest BCUT2D eigenvalue weighted by atomic mass is 9.94. The number of benzene rings is 1. The number of hydrogen-bond donors (Lipinski definition) is 2. The van der Waals surface area contributed by atoms with Crippen LogP contribution in [0.1, 0.15) is 30.3 Å². The van der Waals surface area contributed by atoms with Crippen LogP contribution in [0.4, 0.5) is 4.39 Å². The van der Waals surface area contributed by atoms with Crippen LogP contribution in [0.2, 0.25) is 0 Å². The van der Waals surface area contributed by atoms with Crippen molar-refractivity contribution in [2.24, 2.45) is 5.92 Å². The van der Waals surface area contributed by atoms with Crippen LogP contribution in [0.25, 0.3) is 10.9 Å². The van der Waals surface area contributed by atoms with Gasteiger partial charge < -0.3 is 15.0 Å². The van der Waals surface area contributed by atoms with Crippen molar-refractivity contribution in [1.29, 1.82) is 0 Å². The molecule has 1 aliphatic rings. The number of carbonyl (C=O) groups excluding carboxylic acids is 1. The number of carbonyl (C=O) groups is 1. The third kappa shape index (κ3) is 2.65. The molecule has 21 heavy (non-hydrogen) atoms. The van der Waals surface area contributed by atoms with Gasteiger partial charge in [0.15, 0.2) is 0 Å². The van der Waals surface area contributed by atoms with E-state index in [1.807, 2.05) is 6.92 Å². The van der Waals surface area contributed by atoms with Gasteiger partial charge in [-0.1, -0.05) is 0 Å². The largest absolute Gasteiger partial charge is 0.396 e. The second-order valence-corrected chi connectivity index (χ2v) is 5.85. The van der Waals surface area contributed by atoms with E-state index >= 15 is 0 Å². The number of nitrogens with zero attached hydrogens (tertiary/aromatic N) is 1. The summed E-state index contributed by atoms with van der Waals surface area (Å²) in [7, 11) is 0. The lowest BCUT2D eigenvalue weighted by molar-refractivity contribution is 0.0484. The monoisotopic (exact) mass is 290 g/mol. The molecule has 4 nitrogen and oxygen atoms in total. The number of aliphatic hydroxyl groups excluding tert-OH is 1. The molecule has 1 aromatic heterocycles. The normalized spacial score (nSPS) is 22.7. The van der Waals surface area contributed by atoms with Crippen molar-refractivity contribution < 1.29 is 14.3 Å². The average molecular weight is 290 g/mol. The molecule has 1 aromatic carbocycles. The molecule has 1 saturated heterocycles. The van der Waals surface area contributed by atoms with Gasteiger partial charge in [-0.15, -0.1) is 0 Å². The van der Waals surface area contributed by atoms with Crippen LogP contribution in [0.5, 0.6) is 0 Å². The van der Waals surface area contributed by atoms with Gasteiger partial charge in [-0.05, 0) is 49.9 Å². The molecule has 1 fully saturated rings. The minimum Gasteiger partial charge on any atom is -0.396 e. The Labute approximate surface area is 122 Å². The SMILES string of the molecule is CC1CCC(CO)CN1C(=O)c1cc2cc(F)ccc2[nH]1. The lowest BCUT2D eigenvalue weighted by Crippen LogP contribution is -2.46. The molecule has 112 valence electrons. The first-order chi connectivity index (χ1) is 10.1. The second-order valence-electron chi connectivity index (χ2n) is 5.85. The molecule has 0 radical (unpaired) electrons. The fraction of sp³-hybridized carbons (Fsp3) is 0.438. The fourth-order valence-corrected chi connectivity index (χ4v) is 2.99. The summed E-state index contributed by atoms with van der Waals surface area (Å²) < 4.78 is 13.2. The number of amides is 1. The zero-order valence-electron chi connectivity index (χ0n) is 12.0. The molecule has 2 aromatic rings. The van der Waals surface area contributed by atoms with E-state index in [2.05, 4.69) is 4.98 Å². The first-order valence-corrected chi connectivity index (χ1v) is 7.28. The van der Waals surface area contributed by atoms with Crippen molar-refractivity contribution >= 4 is 16.8 Å². The highest BCUT2D eigenvalue weighted by atomic mass is 19.1.